The van der Waals surface area contributed by atoms with Gasteiger partial charge in [0, 0.05) is 12.7 Å². The summed E-state index contributed by atoms with van der Waals surface area (Å²) >= 11 is 6.32. The van der Waals surface area contributed by atoms with Gasteiger partial charge in [0.15, 0.2) is 5.69 Å². The number of fused-ring (bicyclic) bond motifs is 1. The van der Waals surface area contributed by atoms with Crippen LogP contribution in [0.3, 0.4) is 0 Å². The number of hydrogen-bond acceptors (Lipinski definition) is 3. The molecule has 5 nitrogen and oxygen atoms in total. The summed E-state index contributed by atoms with van der Waals surface area (Å²) in [6, 6.07) is 9.56. The van der Waals surface area contributed by atoms with Crippen LogP contribution in [0.4, 0.5) is 5.69 Å². The molecule has 0 aliphatic heterocycles. The first kappa shape index (κ1) is 17.5. The quantitative estimate of drug-likeness (QED) is 0.770. The number of nitrogens with zero attached hydrogens (tertiary/aromatic N) is 3. The fraction of sp³-hybridized carbons (Fsp3) is 0.263. The molecule has 3 rings (SSSR count). The molecule has 0 radical (unpaired) electrons. The third-order valence-electron chi connectivity index (χ3n) is 3.98. The molecule has 0 unspecified atom stereocenters. The molecule has 0 spiro atoms. The number of halogens is 1. The van der Waals surface area contributed by atoms with Gasteiger partial charge in [-0.15, -0.1) is 0 Å². The first-order valence-electron chi connectivity index (χ1n) is 8.05. The van der Waals surface area contributed by atoms with Crippen molar-refractivity contribution in [3.8, 4) is 0 Å². The summed E-state index contributed by atoms with van der Waals surface area (Å²) in [5, 5.41) is 3.46. The van der Waals surface area contributed by atoms with Crippen molar-refractivity contribution in [3.63, 3.8) is 0 Å². The molecule has 0 aliphatic rings. The molecule has 2 heterocycles. The van der Waals surface area contributed by atoms with Crippen LogP contribution in [0.2, 0.25) is 5.02 Å². The van der Waals surface area contributed by atoms with Crippen LogP contribution >= 0.6 is 11.6 Å². The minimum atomic E-state index is -0.255. The lowest BCUT2D eigenvalue weighted by Gasteiger charge is -2.13. The van der Waals surface area contributed by atoms with Gasteiger partial charge in [0.05, 0.1) is 16.4 Å². The number of imidazole rings is 1. The molecule has 25 heavy (non-hydrogen) atoms. The Labute approximate surface area is 152 Å². The van der Waals surface area contributed by atoms with Crippen LogP contribution in [0, 0.1) is 13.8 Å². The maximum Gasteiger partial charge on any atom is 0.276 e. The van der Waals surface area contributed by atoms with Crippen molar-refractivity contribution in [1.82, 2.24) is 14.3 Å². The topological polar surface area (TPSA) is 49.6 Å². The minimum Gasteiger partial charge on any atom is -0.319 e. The van der Waals surface area contributed by atoms with Crippen molar-refractivity contribution >= 4 is 28.8 Å². The number of aromatic nitrogens is 2. The Morgan fingerprint density at radius 1 is 1.28 bits per heavy atom. The summed E-state index contributed by atoms with van der Waals surface area (Å²) < 4.78 is 1.94. The van der Waals surface area contributed by atoms with Crippen molar-refractivity contribution in [2.24, 2.45) is 0 Å². The van der Waals surface area contributed by atoms with Gasteiger partial charge in [0.2, 0.25) is 0 Å². The molecule has 0 bridgehead atoms. The number of amides is 1. The number of rotatable bonds is 4. The summed E-state index contributed by atoms with van der Waals surface area (Å²) in [5.41, 5.74) is 4.62. The largest absolute Gasteiger partial charge is 0.319 e. The Morgan fingerprint density at radius 3 is 2.72 bits per heavy atom. The van der Waals surface area contributed by atoms with Gasteiger partial charge in [-0.1, -0.05) is 23.7 Å². The highest BCUT2D eigenvalue weighted by Gasteiger charge is 2.20. The van der Waals surface area contributed by atoms with E-state index in [-0.39, 0.29) is 5.91 Å². The predicted molar refractivity (Wildman–Crippen MR) is 101 cm³/mol. The Morgan fingerprint density at radius 2 is 2.04 bits per heavy atom. The fourth-order valence-corrected chi connectivity index (χ4v) is 3.29. The van der Waals surface area contributed by atoms with Gasteiger partial charge in [-0.25, -0.2) is 4.98 Å². The van der Waals surface area contributed by atoms with Crippen LogP contribution in [-0.2, 0) is 6.54 Å². The van der Waals surface area contributed by atoms with Crippen molar-refractivity contribution in [3.05, 3.63) is 64.1 Å². The molecule has 0 saturated carbocycles. The zero-order chi connectivity index (χ0) is 18.1. The van der Waals surface area contributed by atoms with Crippen molar-refractivity contribution in [1.29, 1.82) is 0 Å². The number of nitrogens with one attached hydrogen (secondary N) is 1. The van der Waals surface area contributed by atoms with Crippen LogP contribution in [0.5, 0.6) is 0 Å². The Bertz CT molecular complexity index is 923. The van der Waals surface area contributed by atoms with Crippen molar-refractivity contribution < 1.29 is 4.79 Å². The molecule has 2 aromatic heterocycles. The maximum atomic E-state index is 12.9. The van der Waals surface area contributed by atoms with Gasteiger partial charge < -0.3 is 14.6 Å². The summed E-state index contributed by atoms with van der Waals surface area (Å²) in [6.45, 7) is 4.51. The van der Waals surface area contributed by atoms with E-state index in [4.69, 9.17) is 11.6 Å². The summed E-state index contributed by atoms with van der Waals surface area (Å²) in [5.74, 6) is -0.255. The van der Waals surface area contributed by atoms with E-state index < -0.39 is 0 Å². The van der Waals surface area contributed by atoms with Gasteiger partial charge in [-0.3, -0.25) is 4.79 Å². The van der Waals surface area contributed by atoms with Gasteiger partial charge >= 0.3 is 0 Å². The van der Waals surface area contributed by atoms with Crippen molar-refractivity contribution in [2.75, 3.05) is 19.4 Å². The van der Waals surface area contributed by atoms with Gasteiger partial charge in [0.1, 0.15) is 5.65 Å². The molecule has 3 aromatic rings. The molecule has 0 fully saturated rings. The number of carbonyl (C=O) groups excluding carboxylic acids is 1. The van der Waals surface area contributed by atoms with Gasteiger partial charge in [0.25, 0.3) is 5.91 Å². The highest BCUT2D eigenvalue weighted by Crippen LogP contribution is 2.28. The first-order chi connectivity index (χ1) is 11.9. The molecule has 1 amide bonds. The van der Waals surface area contributed by atoms with E-state index in [1.807, 2.05) is 73.8 Å². The number of carbonyl (C=O) groups is 1. The van der Waals surface area contributed by atoms with E-state index in [0.717, 1.165) is 22.5 Å². The third-order valence-corrected chi connectivity index (χ3v) is 4.28. The highest BCUT2D eigenvalue weighted by atomic mass is 35.5. The number of benzene rings is 1. The normalized spacial score (nSPS) is 11.3. The molecule has 0 saturated heterocycles. The van der Waals surface area contributed by atoms with Crippen LogP contribution in [0.25, 0.3) is 5.65 Å². The molecule has 130 valence electrons. The molecule has 0 atom stereocenters. The zero-order valence-corrected chi connectivity index (χ0v) is 15.6. The van der Waals surface area contributed by atoms with E-state index in [0.29, 0.717) is 22.9 Å². The van der Waals surface area contributed by atoms with E-state index in [1.54, 1.807) is 0 Å². The monoisotopic (exact) mass is 356 g/mol. The molecular weight excluding hydrogens is 336 g/mol. The Kier molecular flexibility index (Phi) is 4.79. The second-order valence-electron chi connectivity index (χ2n) is 6.47. The number of aryl methyl sites for hydroxylation is 2. The van der Waals surface area contributed by atoms with Crippen LogP contribution in [0.15, 0.2) is 36.5 Å². The molecule has 0 aliphatic carbocycles. The second kappa shape index (κ2) is 6.86. The SMILES string of the molecule is Cc1cc(C)c(NC(=O)c2nc3ccccn3c2CN(C)C)c(Cl)c1. The molecule has 6 heteroatoms. The predicted octanol–water partition coefficient (Wildman–Crippen LogP) is 3.92. The Hall–Kier alpha value is -2.37. The lowest BCUT2D eigenvalue weighted by atomic mass is 10.1. The van der Waals surface area contributed by atoms with Crippen LogP contribution < -0.4 is 5.32 Å². The number of pyridine rings is 1. The lowest BCUT2D eigenvalue weighted by Crippen LogP contribution is -2.19. The molecule has 1 aromatic carbocycles. The summed E-state index contributed by atoms with van der Waals surface area (Å²) in [7, 11) is 3.93. The van der Waals surface area contributed by atoms with E-state index >= 15 is 0 Å². The fourth-order valence-electron chi connectivity index (χ4n) is 2.93. The lowest BCUT2D eigenvalue weighted by molar-refractivity contribution is 0.102. The second-order valence-corrected chi connectivity index (χ2v) is 6.87. The third kappa shape index (κ3) is 3.52. The van der Waals surface area contributed by atoms with Crippen molar-refractivity contribution in [2.45, 2.75) is 20.4 Å². The standard InChI is InChI=1S/C19H21ClN4O/c1-12-9-13(2)17(14(20)10-12)22-19(25)18-15(11-23(3)4)24-8-6-5-7-16(24)21-18/h5-10H,11H2,1-4H3,(H,22,25). The van der Waals surface area contributed by atoms with Crippen LogP contribution in [0.1, 0.15) is 27.3 Å². The average molecular weight is 357 g/mol. The van der Waals surface area contributed by atoms with E-state index in [1.165, 1.54) is 0 Å². The Balaban J connectivity index is 2.03. The molecular formula is C19H21ClN4O. The number of hydrogen-bond donors (Lipinski definition) is 1. The van der Waals surface area contributed by atoms with Gasteiger partial charge in [-0.2, -0.15) is 0 Å². The van der Waals surface area contributed by atoms with E-state index in [2.05, 4.69) is 10.3 Å². The first-order valence-corrected chi connectivity index (χ1v) is 8.43. The maximum absolute atomic E-state index is 12.9. The minimum absolute atomic E-state index is 0.255. The van der Waals surface area contributed by atoms with E-state index in [9.17, 15) is 4.79 Å². The summed E-state index contributed by atoms with van der Waals surface area (Å²) in [6.07, 6.45) is 1.92. The summed E-state index contributed by atoms with van der Waals surface area (Å²) in [4.78, 5) is 19.4. The van der Waals surface area contributed by atoms with Gasteiger partial charge in [-0.05, 0) is 57.3 Å². The zero-order valence-electron chi connectivity index (χ0n) is 14.8. The highest BCUT2D eigenvalue weighted by molar-refractivity contribution is 6.34. The average Bonchev–Trinajstić information content (AvgIpc) is 2.89. The van der Waals surface area contributed by atoms with Crippen LogP contribution in [-0.4, -0.2) is 34.3 Å². The molecule has 1 N–H and O–H groups in total. The smallest absolute Gasteiger partial charge is 0.276 e. The number of anilines is 1.